The highest BCUT2D eigenvalue weighted by Crippen LogP contribution is 2.44. The molecule has 4 rings (SSSR count). The Balaban J connectivity index is 1.77. The van der Waals surface area contributed by atoms with Crippen LogP contribution in [0.2, 0.25) is 0 Å². The van der Waals surface area contributed by atoms with E-state index in [1.165, 1.54) is 0 Å². The maximum atomic E-state index is 9.21. The minimum absolute atomic E-state index is 0.386. The molecule has 2 unspecified atom stereocenters. The van der Waals surface area contributed by atoms with Crippen molar-refractivity contribution in [2.75, 3.05) is 18.4 Å². The average Bonchev–Trinajstić information content (AvgIpc) is 2.88. The molecule has 2 aromatic rings. The highest BCUT2D eigenvalue weighted by molar-refractivity contribution is 5.93. The van der Waals surface area contributed by atoms with Gasteiger partial charge in [0.05, 0.1) is 11.2 Å². The van der Waals surface area contributed by atoms with E-state index in [0.29, 0.717) is 23.6 Å². The smallest absolute Gasteiger partial charge is 0.186 e. The third-order valence-corrected chi connectivity index (χ3v) is 4.18. The van der Waals surface area contributed by atoms with Crippen molar-refractivity contribution >= 4 is 16.6 Å². The molecule has 2 atom stereocenters. The van der Waals surface area contributed by atoms with Crippen molar-refractivity contribution in [2.24, 2.45) is 11.8 Å². The van der Waals surface area contributed by atoms with Crippen LogP contribution in [0.25, 0.3) is 10.9 Å². The number of aromatic nitrogens is 2. The molecule has 0 bridgehead atoms. The van der Waals surface area contributed by atoms with Gasteiger partial charge in [0.15, 0.2) is 5.69 Å². The van der Waals surface area contributed by atoms with E-state index in [4.69, 9.17) is 0 Å². The lowest BCUT2D eigenvalue weighted by molar-refractivity contribution is 0.697. The summed E-state index contributed by atoms with van der Waals surface area (Å²) in [5.41, 5.74) is 2.05. The Bertz CT molecular complexity index is 680. The van der Waals surface area contributed by atoms with Gasteiger partial charge in [0.25, 0.3) is 0 Å². The first-order valence-electron chi connectivity index (χ1n) is 6.51. The second-order valence-corrected chi connectivity index (χ2v) is 5.21. The number of anilines is 1. The van der Waals surface area contributed by atoms with Crippen LogP contribution in [0.15, 0.2) is 24.3 Å². The van der Waals surface area contributed by atoms with Crippen LogP contribution < -0.4 is 10.6 Å². The summed E-state index contributed by atoms with van der Waals surface area (Å²) >= 11 is 0. The summed E-state index contributed by atoms with van der Waals surface area (Å²) in [6.45, 7) is 2.14. The van der Waals surface area contributed by atoms with Gasteiger partial charge in [-0.25, -0.2) is 0 Å². The first kappa shape index (κ1) is 10.7. The van der Waals surface area contributed by atoms with E-state index in [1.807, 2.05) is 24.3 Å². The van der Waals surface area contributed by atoms with Gasteiger partial charge in [-0.3, -0.25) is 0 Å². The summed E-state index contributed by atoms with van der Waals surface area (Å²) in [7, 11) is 0. The second-order valence-electron chi connectivity index (χ2n) is 5.21. The topological polar surface area (TPSA) is 73.6 Å². The van der Waals surface area contributed by atoms with Crippen LogP contribution in [0.4, 0.5) is 5.69 Å². The SMILES string of the molecule is N#Cc1nnc2ccccc2c1NC1C2CNCC21. The molecule has 0 spiro atoms. The number of benzene rings is 1. The standard InChI is InChI=1S/C14H13N5/c15-5-12-14(17-13-9-6-16-7-10(9)13)8-3-1-2-4-11(8)18-19-12/h1-4,9-10,13,16H,6-7H2,(H,17,18). The van der Waals surface area contributed by atoms with Crippen molar-refractivity contribution in [3.63, 3.8) is 0 Å². The zero-order valence-electron chi connectivity index (χ0n) is 10.3. The molecule has 2 heterocycles. The molecular weight excluding hydrogens is 238 g/mol. The molecule has 19 heavy (non-hydrogen) atoms. The van der Waals surface area contributed by atoms with Gasteiger partial charge >= 0.3 is 0 Å². The highest BCUT2D eigenvalue weighted by atomic mass is 15.1. The zero-order chi connectivity index (χ0) is 12.8. The van der Waals surface area contributed by atoms with Crippen LogP contribution >= 0.6 is 0 Å². The van der Waals surface area contributed by atoms with Gasteiger partial charge in [-0.2, -0.15) is 5.26 Å². The first-order valence-corrected chi connectivity index (χ1v) is 6.51. The number of rotatable bonds is 2. The Labute approximate surface area is 110 Å². The minimum atomic E-state index is 0.386. The number of piperidine rings is 1. The van der Waals surface area contributed by atoms with Crippen molar-refractivity contribution in [1.29, 1.82) is 5.26 Å². The number of hydrogen-bond donors (Lipinski definition) is 2. The van der Waals surface area contributed by atoms with E-state index in [1.54, 1.807) is 0 Å². The summed E-state index contributed by atoms with van der Waals surface area (Å²) in [5.74, 6) is 1.39. The molecule has 0 radical (unpaired) electrons. The normalized spacial score (nSPS) is 27.8. The average molecular weight is 251 g/mol. The van der Waals surface area contributed by atoms with Crippen molar-refractivity contribution < 1.29 is 0 Å². The third kappa shape index (κ3) is 1.57. The maximum Gasteiger partial charge on any atom is 0.186 e. The van der Waals surface area contributed by atoms with E-state index in [9.17, 15) is 5.26 Å². The summed E-state index contributed by atoms with van der Waals surface area (Å²) in [5, 5.41) is 25.2. The highest BCUT2D eigenvalue weighted by Gasteiger charge is 2.53. The van der Waals surface area contributed by atoms with Gasteiger partial charge in [0.2, 0.25) is 0 Å². The number of nitrogens with zero attached hydrogens (tertiary/aromatic N) is 3. The molecule has 1 saturated heterocycles. The molecule has 0 amide bonds. The molecule has 1 saturated carbocycles. The first-order chi connectivity index (χ1) is 9.38. The molecule has 94 valence electrons. The Morgan fingerprint density at radius 2 is 2.00 bits per heavy atom. The minimum Gasteiger partial charge on any atom is -0.379 e. The second kappa shape index (κ2) is 3.90. The van der Waals surface area contributed by atoms with Gasteiger partial charge in [0.1, 0.15) is 6.07 Å². The van der Waals surface area contributed by atoms with Crippen LogP contribution in [0.1, 0.15) is 5.69 Å². The molecule has 1 aromatic heterocycles. The molecule has 2 aliphatic rings. The number of hydrogen-bond acceptors (Lipinski definition) is 5. The molecule has 2 fully saturated rings. The number of nitriles is 1. The Morgan fingerprint density at radius 1 is 1.21 bits per heavy atom. The molecule has 5 heteroatoms. The predicted octanol–water partition coefficient (Wildman–Crippen LogP) is 1.13. The number of nitrogens with one attached hydrogen (secondary N) is 2. The van der Waals surface area contributed by atoms with Crippen LogP contribution in [0.5, 0.6) is 0 Å². The zero-order valence-corrected chi connectivity index (χ0v) is 10.3. The van der Waals surface area contributed by atoms with Crippen LogP contribution in [-0.4, -0.2) is 29.3 Å². The fraction of sp³-hybridized carbons (Fsp3) is 0.357. The monoisotopic (exact) mass is 251 g/mol. The Morgan fingerprint density at radius 3 is 2.79 bits per heavy atom. The van der Waals surface area contributed by atoms with Gasteiger partial charge in [-0.15, -0.1) is 10.2 Å². The summed E-state index contributed by atoms with van der Waals surface area (Å²) in [6, 6.07) is 10.4. The Hall–Kier alpha value is -2.19. The van der Waals surface area contributed by atoms with E-state index in [0.717, 1.165) is 29.7 Å². The van der Waals surface area contributed by atoms with Crippen molar-refractivity contribution in [2.45, 2.75) is 6.04 Å². The van der Waals surface area contributed by atoms with Gasteiger partial charge in [-0.1, -0.05) is 18.2 Å². The third-order valence-electron chi connectivity index (χ3n) is 4.18. The van der Waals surface area contributed by atoms with E-state index >= 15 is 0 Å². The summed E-state index contributed by atoms with van der Waals surface area (Å²) in [6.07, 6.45) is 0. The molecule has 1 aliphatic heterocycles. The van der Waals surface area contributed by atoms with Gasteiger partial charge in [0, 0.05) is 24.5 Å². The predicted molar refractivity (Wildman–Crippen MR) is 71.5 cm³/mol. The van der Waals surface area contributed by atoms with Gasteiger partial charge < -0.3 is 10.6 Å². The van der Waals surface area contributed by atoms with Crippen LogP contribution in [0.3, 0.4) is 0 Å². The number of fused-ring (bicyclic) bond motifs is 2. The van der Waals surface area contributed by atoms with E-state index in [-0.39, 0.29) is 0 Å². The van der Waals surface area contributed by atoms with Crippen LogP contribution in [-0.2, 0) is 0 Å². The lowest BCUT2D eigenvalue weighted by Gasteiger charge is -2.12. The van der Waals surface area contributed by atoms with E-state index < -0.39 is 0 Å². The van der Waals surface area contributed by atoms with Crippen LogP contribution in [0, 0.1) is 23.2 Å². The maximum absolute atomic E-state index is 9.21. The van der Waals surface area contributed by atoms with Crippen molar-refractivity contribution in [3.05, 3.63) is 30.0 Å². The lowest BCUT2D eigenvalue weighted by atomic mass is 10.1. The summed E-state index contributed by atoms with van der Waals surface area (Å²) in [4.78, 5) is 0. The quantitative estimate of drug-likeness (QED) is 0.837. The van der Waals surface area contributed by atoms with E-state index in [2.05, 4.69) is 26.9 Å². The lowest BCUT2D eigenvalue weighted by Crippen LogP contribution is -2.22. The largest absolute Gasteiger partial charge is 0.379 e. The summed E-state index contributed by atoms with van der Waals surface area (Å²) < 4.78 is 0. The fourth-order valence-corrected chi connectivity index (χ4v) is 3.08. The van der Waals surface area contributed by atoms with Gasteiger partial charge in [-0.05, 0) is 17.9 Å². The molecule has 1 aromatic carbocycles. The Kier molecular flexibility index (Phi) is 2.20. The van der Waals surface area contributed by atoms with Crippen molar-refractivity contribution in [1.82, 2.24) is 15.5 Å². The molecule has 1 aliphatic carbocycles. The molecular formula is C14H13N5. The molecule has 2 N–H and O–H groups in total. The van der Waals surface area contributed by atoms with Crippen molar-refractivity contribution in [3.8, 4) is 6.07 Å². The fourth-order valence-electron chi connectivity index (χ4n) is 3.08. The molecule has 5 nitrogen and oxygen atoms in total.